The zero-order valence-corrected chi connectivity index (χ0v) is 9.37. The summed E-state index contributed by atoms with van der Waals surface area (Å²) in [7, 11) is 0. The van der Waals surface area contributed by atoms with Gasteiger partial charge < -0.3 is 4.74 Å². The second-order valence-electron chi connectivity index (χ2n) is 2.97. The van der Waals surface area contributed by atoms with Crippen LogP contribution in [0.4, 0.5) is 5.69 Å². The molecule has 0 radical (unpaired) electrons. The monoisotopic (exact) mass is 232 g/mol. The van der Waals surface area contributed by atoms with Crippen LogP contribution in [0.15, 0.2) is 18.3 Å². The number of fused-ring (bicyclic) bond motifs is 1. The molecule has 0 aliphatic heterocycles. The summed E-state index contributed by atoms with van der Waals surface area (Å²) in [4.78, 5) is 20.1. The fourth-order valence-corrected chi connectivity index (χ4v) is 2.34. The summed E-state index contributed by atoms with van der Waals surface area (Å²) in [5.74, 6) is -0.448. The zero-order chi connectivity index (χ0) is 11.5. The lowest BCUT2D eigenvalue weighted by molar-refractivity contribution is 0.0533. The number of aromatic nitrogens is 1. The number of thiophene rings is 1. The van der Waals surface area contributed by atoms with Gasteiger partial charge in [0.2, 0.25) is 5.69 Å². The summed E-state index contributed by atoms with van der Waals surface area (Å²) in [5, 5.41) is 0.713. The molecule has 0 spiro atoms. The van der Waals surface area contributed by atoms with Crippen LogP contribution in [0, 0.1) is 6.57 Å². The first-order valence-electron chi connectivity index (χ1n) is 4.70. The lowest BCUT2D eigenvalue weighted by Gasteiger charge is -1.97. The second kappa shape index (κ2) is 4.29. The van der Waals surface area contributed by atoms with Crippen molar-refractivity contribution >= 4 is 33.2 Å². The number of carbonyl (C=O) groups is 1. The van der Waals surface area contributed by atoms with Gasteiger partial charge in [0.25, 0.3) is 0 Å². The minimum atomic E-state index is -0.448. The van der Waals surface area contributed by atoms with Gasteiger partial charge >= 0.3 is 5.97 Å². The molecule has 4 nitrogen and oxygen atoms in total. The highest BCUT2D eigenvalue weighted by atomic mass is 32.1. The molecular weight excluding hydrogens is 224 g/mol. The molecule has 0 aliphatic rings. The standard InChI is InChI=1S/C11H8N2O2S/c1-3-15-11(14)9-8(12-2)7-5-4-6-13-10(7)16-9/h4-6H,3H2,1H3. The molecule has 16 heavy (non-hydrogen) atoms. The Morgan fingerprint density at radius 3 is 3.19 bits per heavy atom. The van der Waals surface area contributed by atoms with Crippen molar-refractivity contribution in [3.63, 3.8) is 0 Å². The van der Waals surface area contributed by atoms with E-state index >= 15 is 0 Å². The summed E-state index contributed by atoms with van der Waals surface area (Å²) < 4.78 is 4.90. The van der Waals surface area contributed by atoms with Crippen LogP contribution in [-0.4, -0.2) is 17.6 Å². The Morgan fingerprint density at radius 1 is 1.69 bits per heavy atom. The van der Waals surface area contributed by atoms with E-state index in [-0.39, 0.29) is 0 Å². The van der Waals surface area contributed by atoms with Crippen LogP contribution >= 0.6 is 11.3 Å². The first-order valence-corrected chi connectivity index (χ1v) is 5.51. The van der Waals surface area contributed by atoms with E-state index in [1.165, 1.54) is 11.3 Å². The van der Waals surface area contributed by atoms with Crippen LogP contribution in [0.3, 0.4) is 0 Å². The normalized spacial score (nSPS) is 10.0. The van der Waals surface area contributed by atoms with Gasteiger partial charge in [0.05, 0.1) is 13.2 Å². The summed E-state index contributed by atoms with van der Waals surface area (Å²) in [6.07, 6.45) is 1.64. The highest BCUT2D eigenvalue weighted by molar-refractivity contribution is 7.21. The quantitative estimate of drug-likeness (QED) is 0.590. The van der Waals surface area contributed by atoms with Crippen LogP contribution in [0.25, 0.3) is 15.1 Å². The van der Waals surface area contributed by atoms with E-state index in [1.807, 2.05) is 0 Å². The number of nitrogens with zero attached hydrogens (tertiary/aromatic N) is 2. The second-order valence-corrected chi connectivity index (χ2v) is 3.97. The number of carbonyl (C=O) groups excluding carboxylic acids is 1. The molecule has 80 valence electrons. The van der Waals surface area contributed by atoms with Crippen LogP contribution < -0.4 is 0 Å². The maximum atomic E-state index is 11.6. The maximum absolute atomic E-state index is 11.6. The molecule has 0 fully saturated rings. The highest BCUT2D eigenvalue weighted by Crippen LogP contribution is 2.36. The van der Waals surface area contributed by atoms with Gasteiger partial charge in [-0.1, -0.05) is 6.07 Å². The van der Waals surface area contributed by atoms with Gasteiger partial charge in [-0.2, -0.15) is 0 Å². The summed E-state index contributed by atoms with van der Waals surface area (Å²) in [5.41, 5.74) is 0.339. The van der Waals surface area contributed by atoms with Crippen molar-refractivity contribution in [3.8, 4) is 0 Å². The molecule has 0 N–H and O–H groups in total. The Hall–Kier alpha value is -1.93. The topological polar surface area (TPSA) is 43.5 Å². The van der Waals surface area contributed by atoms with Crippen LogP contribution in [0.5, 0.6) is 0 Å². The molecule has 0 saturated carbocycles. The van der Waals surface area contributed by atoms with E-state index < -0.39 is 5.97 Å². The molecule has 0 amide bonds. The third-order valence-electron chi connectivity index (χ3n) is 2.01. The van der Waals surface area contributed by atoms with Gasteiger partial charge in [0.15, 0.2) is 0 Å². The average Bonchev–Trinajstić information content (AvgIpc) is 2.67. The van der Waals surface area contributed by atoms with Gasteiger partial charge in [0.1, 0.15) is 9.71 Å². The Bertz CT molecular complexity index is 583. The Labute approximate surface area is 96.3 Å². The minimum absolute atomic E-state index is 0.304. The predicted octanol–water partition coefficient (Wildman–Crippen LogP) is 3.02. The lowest BCUT2D eigenvalue weighted by Crippen LogP contribution is -2.01. The highest BCUT2D eigenvalue weighted by Gasteiger charge is 2.19. The third kappa shape index (κ3) is 1.64. The molecule has 5 heteroatoms. The van der Waals surface area contributed by atoms with Gasteiger partial charge in [-0.15, -0.1) is 11.3 Å². The zero-order valence-electron chi connectivity index (χ0n) is 8.56. The molecule has 0 atom stereocenters. The van der Waals surface area contributed by atoms with Crippen molar-refractivity contribution in [1.82, 2.24) is 4.98 Å². The van der Waals surface area contributed by atoms with Gasteiger partial charge in [-0.05, 0) is 13.0 Å². The number of pyridine rings is 1. The molecular formula is C11H8N2O2S. The van der Waals surface area contributed by atoms with E-state index in [0.29, 0.717) is 27.4 Å². The van der Waals surface area contributed by atoms with Crippen molar-refractivity contribution in [2.24, 2.45) is 0 Å². The molecule has 2 heterocycles. The fourth-order valence-electron chi connectivity index (χ4n) is 1.37. The molecule has 2 rings (SSSR count). The number of hydrogen-bond donors (Lipinski definition) is 0. The van der Waals surface area contributed by atoms with Crippen molar-refractivity contribution < 1.29 is 9.53 Å². The lowest BCUT2D eigenvalue weighted by atomic mass is 10.2. The van der Waals surface area contributed by atoms with E-state index in [2.05, 4.69) is 9.83 Å². The van der Waals surface area contributed by atoms with E-state index in [9.17, 15) is 4.79 Å². The van der Waals surface area contributed by atoms with Crippen LogP contribution in [0.1, 0.15) is 16.6 Å². The third-order valence-corrected chi connectivity index (χ3v) is 3.10. The van der Waals surface area contributed by atoms with Crippen LogP contribution in [-0.2, 0) is 4.74 Å². The molecule has 0 aromatic carbocycles. The predicted molar refractivity (Wildman–Crippen MR) is 61.8 cm³/mol. The van der Waals surface area contributed by atoms with Crippen molar-refractivity contribution in [1.29, 1.82) is 0 Å². The van der Waals surface area contributed by atoms with Gasteiger partial charge in [-0.3, -0.25) is 0 Å². The molecule has 2 aromatic rings. The summed E-state index contributed by atoms with van der Waals surface area (Å²) in [6.45, 7) is 9.15. The first kappa shape index (κ1) is 10.6. The van der Waals surface area contributed by atoms with Crippen LogP contribution in [0.2, 0.25) is 0 Å². The van der Waals surface area contributed by atoms with E-state index in [0.717, 1.165) is 0 Å². The van der Waals surface area contributed by atoms with E-state index in [1.54, 1.807) is 25.3 Å². The Kier molecular flexibility index (Phi) is 2.84. The summed E-state index contributed by atoms with van der Waals surface area (Å²) >= 11 is 1.20. The first-order chi connectivity index (χ1) is 7.77. The maximum Gasteiger partial charge on any atom is 0.337 e. The molecule has 0 unspecified atom stereocenters. The van der Waals surface area contributed by atoms with Crippen molar-refractivity contribution in [2.45, 2.75) is 6.92 Å². The molecule has 0 aliphatic carbocycles. The number of hydrogen-bond acceptors (Lipinski definition) is 4. The molecule has 0 saturated heterocycles. The van der Waals surface area contributed by atoms with Gasteiger partial charge in [0, 0.05) is 11.6 Å². The largest absolute Gasteiger partial charge is 0.463 e. The molecule has 2 aromatic heterocycles. The Morgan fingerprint density at radius 2 is 2.50 bits per heavy atom. The Balaban J connectivity index is 2.62. The van der Waals surface area contributed by atoms with E-state index in [4.69, 9.17) is 11.3 Å². The summed E-state index contributed by atoms with van der Waals surface area (Å²) in [6, 6.07) is 3.54. The smallest absolute Gasteiger partial charge is 0.337 e. The average molecular weight is 232 g/mol. The number of rotatable bonds is 2. The van der Waals surface area contributed by atoms with Gasteiger partial charge in [-0.25, -0.2) is 14.6 Å². The fraction of sp³-hybridized carbons (Fsp3) is 0.182. The number of esters is 1. The van der Waals surface area contributed by atoms with Crippen molar-refractivity contribution in [2.75, 3.05) is 6.61 Å². The van der Waals surface area contributed by atoms with Crippen molar-refractivity contribution in [3.05, 3.63) is 34.6 Å². The SMILES string of the molecule is [C-]#[N+]c1c(C(=O)OCC)sc2ncccc12. The molecule has 0 bridgehead atoms. The number of ether oxygens (including phenoxy) is 1. The minimum Gasteiger partial charge on any atom is -0.463 e.